The summed E-state index contributed by atoms with van der Waals surface area (Å²) in [6.07, 6.45) is 10.8. The Kier molecular flexibility index (Phi) is 4.93. The molecule has 2 aromatic rings. The quantitative estimate of drug-likeness (QED) is 0.591. The summed E-state index contributed by atoms with van der Waals surface area (Å²) in [5, 5.41) is 1.83. The Labute approximate surface area is 160 Å². The molecule has 1 amide bonds. The van der Waals surface area contributed by atoms with Crippen molar-refractivity contribution in [2.75, 3.05) is 5.01 Å². The number of benzene rings is 2. The third kappa shape index (κ3) is 3.59. The number of carbonyl (C=O) groups is 1. The maximum Gasteiger partial charge on any atom is 0.265 e. The van der Waals surface area contributed by atoms with E-state index in [4.69, 9.17) is 0 Å². The fourth-order valence-corrected chi connectivity index (χ4v) is 4.14. The lowest BCUT2D eigenvalue weighted by Gasteiger charge is -2.28. The van der Waals surface area contributed by atoms with Gasteiger partial charge in [0.05, 0.1) is 11.4 Å². The number of amides is 1. The van der Waals surface area contributed by atoms with Gasteiger partial charge in [-0.15, -0.1) is 0 Å². The Hall–Kier alpha value is -3.07. The Morgan fingerprint density at radius 1 is 0.889 bits per heavy atom. The molecule has 1 fully saturated rings. The van der Waals surface area contributed by atoms with Crippen LogP contribution in [0.5, 0.6) is 0 Å². The minimum absolute atomic E-state index is 0.115. The van der Waals surface area contributed by atoms with Crippen LogP contribution in [0.4, 0.5) is 11.4 Å². The van der Waals surface area contributed by atoms with Crippen molar-refractivity contribution >= 4 is 17.3 Å². The molecule has 136 valence electrons. The summed E-state index contributed by atoms with van der Waals surface area (Å²) in [6, 6.07) is 19.7. The van der Waals surface area contributed by atoms with Gasteiger partial charge in [-0.25, -0.2) is 0 Å². The van der Waals surface area contributed by atoms with Gasteiger partial charge >= 0.3 is 0 Å². The molecule has 3 heteroatoms. The average Bonchev–Trinajstić information content (AvgIpc) is 3.16. The van der Waals surface area contributed by atoms with Crippen LogP contribution in [0, 0.1) is 17.8 Å². The molecule has 0 radical (unpaired) electrons. The summed E-state index contributed by atoms with van der Waals surface area (Å²) in [7, 11) is 0. The second-order valence-corrected chi connectivity index (χ2v) is 7.17. The number of carbonyl (C=O) groups excluding carboxylic acids is 1. The molecule has 3 unspecified atom stereocenters. The van der Waals surface area contributed by atoms with Crippen LogP contribution in [-0.4, -0.2) is 5.91 Å². The van der Waals surface area contributed by atoms with E-state index in [1.165, 1.54) is 0 Å². The van der Waals surface area contributed by atoms with Gasteiger partial charge in [-0.1, -0.05) is 67.3 Å². The van der Waals surface area contributed by atoms with Crippen molar-refractivity contribution < 1.29 is 4.79 Å². The standard InChI is InChI=1S/C24H24N2O/c1-18(22-17-16-19-10-8-9-15-23(19)22)24(27)25-26(20-11-4-2-5-12-20)21-13-6-3-7-14-21/h2-15,19,22-23H,1,16-17H2,(H,25,27). The molecular formula is C24H24N2O. The van der Waals surface area contributed by atoms with Crippen molar-refractivity contribution in [1.29, 1.82) is 0 Å². The zero-order chi connectivity index (χ0) is 18.6. The van der Waals surface area contributed by atoms with Gasteiger partial charge in [0.2, 0.25) is 0 Å². The van der Waals surface area contributed by atoms with Crippen molar-refractivity contribution in [2.24, 2.45) is 17.8 Å². The highest BCUT2D eigenvalue weighted by atomic mass is 16.2. The van der Waals surface area contributed by atoms with E-state index in [0.29, 0.717) is 17.4 Å². The Balaban J connectivity index is 1.54. The Bertz CT molecular complexity index is 830. The fourth-order valence-electron chi connectivity index (χ4n) is 4.14. The topological polar surface area (TPSA) is 32.3 Å². The summed E-state index contributed by atoms with van der Waals surface area (Å²) in [6.45, 7) is 4.17. The molecule has 0 saturated heterocycles. The van der Waals surface area contributed by atoms with Gasteiger partial charge < -0.3 is 0 Å². The van der Waals surface area contributed by atoms with Crippen LogP contribution in [0.3, 0.4) is 0 Å². The number of nitrogens with zero attached hydrogens (tertiary/aromatic N) is 1. The summed E-state index contributed by atoms with van der Waals surface area (Å²) in [5.41, 5.74) is 5.56. The van der Waals surface area contributed by atoms with Crippen molar-refractivity contribution in [3.63, 3.8) is 0 Å². The number of anilines is 2. The molecule has 0 spiro atoms. The van der Waals surface area contributed by atoms with Gasteiger partial charge in [0.15, 0.2) is 0 Å². The van der Waals surface area contributed by atoms with E-state index in [2.05, 4.69) is 36.3 Å². The third-order valence-corrected chi connectivity index (χ3v) is 5.55. The molecule has 0 aliphatic heterocycles. The molecule has 0 heterocycles. The first-order valence-corrected chi connectivity index (χ1v) is 9.49. The second-order valence-electron chi connectivity index (χ2n) is 7.17. The first-order valence-electron chi connectivity index (χ1n) is 9.49. The van der Waals surface area contributed by atoms with Gasteiger partial charge in [0.1, 0.15) is 0 Å². The Morgan fingerprint density at radius 3 is 2.11 bits per heavy atom. The summed E-state index contributed by atoms with van der Waals surface area (Å²) >= 11 is 0. The maximum absolute atomic E-state index is 13.1. The first-order chi connectivity index (χ1) is 13.2. The maximum atomic E-state index is 13.1. The number of nitrogens with one attached hydrogen (secondary N) is 1. The van der Waals surface area contributed by atoms with E-state index in [-0.39, 0.29) is 11.8 Å². The van der Waals surface area contributed by atoms with E-state index in [0.717, 1.165) is 24.2 Å². The lowest BCUT2D eigenvalue weighted by molar-refractivity contribution is -0.118. The molecule has 4 rings (SSSR count). The molecule has 3 nitrogen and oxygen atoms in total. The van der Waals surface area contributed by atoms with Crippen LogP contribution in [0.1, 0.15) is 12.8 Å². The van der Waals surface area contributed by atoms with Crippen molar-refractivity contribution in [3.05, 3.63) is 97.1 Å². The van der Waals surface area contributed by atoms with Crippen LogP contribution >= 0.6 is 0 Å². The largest absolute Gasteiger partial charge is 0.268 e. The lowest BCUT2D eigenvalue weighted by atomic mass is 9.82. The SMILES string of the molecule is C=C(C(=O)NN(c1ccccc1)c1ccccc1)C1CCC2C=CC=CC21. The van der Waals surface area contributed by atoms with E-state index < -0.39 is 0 Å². The molecule has 2 aliphatic rings. The van der Waals surface area contributed by atoms with Gasteiger partial charge in [0.25, 0.3) is 5.91 Å². The van der Waals surface area contributed by atoms with E-state index in [1.54, 1.807) is 0 Å². The van der Waals surface area contributed by atoms with Crippen LogP contribution in [0.25, 0.3) is 0 Å². The number of rotatable bonds is 5. The predicted octanol–water partition coefficient (Wildman–Crippen LogP) is 5.18. The van der Waals surface area contributed by atoms with Crippen LogP contribution in [-0.2, 0) is 4.79 Å². The first kappa shape index (κ1) is 17.3. The van der Waals surface area contributed by atoms with E-state index in [1.807, 2.05) is 65.7 Å². The predicted molar refractivity (Wildman–Crippen MR) is 110 cm³/mol. The number of hydrazine groups is 1. The smallest absolute Gasteiger partial charge is 0.265 e. The number of fused-ring (bicyclic) bond motifs is 1. The monoisotopic (exact) mass is 356 g/mol. The van der Waals surface area contributed by atoms with E-state index >= 15 is 0 Å². The van der Waals surface area contributed by atoms with Gasteiger partial charge in [-0.2, -0.15) is 0 Å². The highest BCUT2D eigenvalue weighted by Crippen LogP contribution is 2.43. The normalized spacial score (nSPS) is 22.9. The van der Waals surface area contributed by atoms with Gasteiger partial charge in [-0.05, 0) is 54.9 Å². The summed E-state index contributed by atoms with van der Waals surface area (Å²) in [5.74, 6) is 1.000. The average molecular weight is 356 g/mol. The minimum atomic E-state index is -0.115. The van der Waals surface area contributed by atoms with E-state index in [9.17, 15) is 4.79 Å². The molecule has 2 aromatic carbocycles. The molecule has 0 bridgehead atoms. The van der Waals surface area contributed by atoms with Gasteiger partial charge in [-0.3, -0.25) is 15.2 Å². The van der Waals surface area contributed by atoms with Crippen LogP contribution in [0.2, 0.25) is 0 Å². The second kappa shape index (κ2) is 7.67. The molecule has 27 heavy (non-hydrogen) atoms. The summed E-state index contributed by atoms with van der Waals surface area (Å²) in [4.78, 5) is 13.1. The highest BCUT2D eigenvalue weighted by molar-refractivity contribution is 5.95. The number of hydrogen-bond acceptors (Lipinski definition) is 2. The number of allylic oxidation sites excluding steroid dienone is 4. The van der Waals surface area contributed by atoms with Crippen molar-refractivity contribution in [3.8, 4) is 0 Å². The molecule has 1 N–H and O–H groups in total. The fraction of sp³-hybridized carbons (Fsp3) is 0.208. The molecular weight excluding hydrogens is 332 g/mol. The third-order valence-electron chi connectivity index (χ3n) is 5.55. The lowest BCUT2D eigenvalue weighted by Crippen LogP contribution is -2.41. The van der Waals surface area contributed by atoms with Crippen molar-refractivity contribution in [1.82, 2.24) is 5.43 Å². The van der Waals surface area contributed by atoms with Crippen molar-refractivity contribution in [2.45, 2.75) is 12.8 Å². The van der Waals surface area contributed by atoms with Gasteiger partial charge in [0, 0.05) is 5.57 Å². The summed E-state index contributed by atoms with van der Waals surface area (Å²) < 4.78 is 0. The number of hydrogen-bond donors (Lipinski definition) is 1. The highest BCUT2D eigenvalue weighted by Gasteiger charge is 2.37. The minimum Gasteiger partial charge on any atom is -0.268 e. The van der Waals surface area contributed by atoms with Crippen LogP contribution in [0.15, 0.2) is 97.1 Å². The zero-order valence-corrected chi connectivity index (χ0v) is 15.3. The molecule has 0 aromatic heterocycles. The zero-order valence-electron chi connectivity index (χ0n) is 15.3. The number of para-hydroxylation sites is 2. The molecule has 3 atom stereocenters. The molecule has 1 saturated carbocycles. The Morgan fingerprint density at radius 2 is 1.48 bits per heavy atom. The van der Waals surface area contributed by atoms with Crippen LogP contribution < -0.4 is 10.4 Å². The molecule has 2 aliphatic carbocycles.